The first kappa shape index (κ1) is 21.4. The van der Waals surface area contributed by atoms with Gasteiger partial charge < -0.3 is 14.8 Å². The van der Waals surface area contributed by atoms with E-state index in [1.165, 1.54) is 0 Å². The molecule has 0 aliphatic carbocycles. The predicted molar refractivity (Wildman–Crippen MR) is 108 cm³/mol. The number of hydrogen-bond acceptors (Lipinski definition) is 7. The van der Waals surface area contributed by atoms with Gasteiger partial charge in [-0.05, 0) is 24.1 Å². The minimum atomic E-state index is -3.64. The first-order valence-corrected chi connectivity index (χ1v) is 11.1. The van der Waals surface area contributed by atoms with Gasteiger partial charge in [0.2, 0.25) is 0 Å². The highest BCUT2D eigenvalue weighted by atomic mass is 32.2. The van der Waals surface area contributed by atoms with Crippen molar-refractivity contribution in [1.82, 2.24) is 5.32 Å². The number of carbonyl (C=O) groups is 1. The lowest BCUT2D eigenvalue weighted by atomic mass is 10.2. The molecule has 0 spiro atoms. The molecule has 0 amide bonds. The first-order chi connectivity index (χ1) is 14.0. The molecule has 0 unspecified atom stereocenters. The lowest BCUT2D eigenvalue weighted by Crippen LogP contribution is -2.28. The van der Waals surface area contributed by atoms with Crippen LogP contribution in [-0.4, -0.2) is 52.9 Å². The van der Waals surface area contributed by atoms with Crippen molar-refractivity contribution in [3.8, 4) is 0 Å². The van der Waals surface area contributed by atoms with Crippen LogP contribution >= 0.6 is 0 Å². The highest BCUT2D eigenvalue weighted by Gasteiger charge is 2.26. The minimum Gasteiger partial charge on any atom is -0.460 e. The van der Waals surface area contributed by atoms with E-state index in [1.54, 1.807) is 48.5 Å². The SMILES string of the molecule is O=C(OC[C@@H]1C[C@@H](OCCOS(=O)(=O)Cc2ccccc2)CN1)c1ccccc1. The van der Waals surface area contributed by atoms with Gasteiger partial charge in [-0.15, -0.1) is 0 Å². The van der Waals surface area contributed by atoms with Crippen molar-refractivity contribution in [2.45, 2.75) is 24.3 Å². The number of rotatable bonds is 10. The van der Waals surface area contributed by atoms with Crippen LogP contribution < -0.4 is 5.32 Å². The summed E-state index contributed by atoms with van der Waals surface area (Å²) in [5.74, 6) is -0.512. The Bertz CT molecular complexity index is 873. The van der Waals surface area contributed by atoms with Crippen molar-refractivity contribution < 1.29 is 26.9 Å². The Morgan fingerprint density at radius 3 is 2.41 bits per heavy atom. The van der Waals surface area contributed by atoms with Gasteiger partial charge in [0.25, 0.3) is 10.1 Å². The van der Waals surface area contributed by atoms with Gasteiger partial charge >= 0.3 is 5.97 Å². The van der Waals surface area contributed by atoms with Crippen molar-refractivity contribution in [3.63, 3.8) is 0 Å². The van der Waals surface area contributed by atoms with Gasteiger partial charge in [0.05, 0.1) is 24.9 Å². The van der Waals surface area contributed by atoms with Crippen LogP contribution in [0.1, 0.15) is 22.3 Å². The molecule has 3 rings (SSSR count). The lowest BCUT2D eigenvalue weighted by molar-refractivity contribution is 0.0378. The molecule has 29 heavy (non-hydrogen) atoms. The molecule has 0 bridgehead atoms. The van der Waals surface area contributed by atoms with Crippen LogP contribution in [0.3, 0.4) is 0 Å². The second-order valence-electron chi connectivity index (χ2n) is 6.81. The van der Waals surface area contributed by atoms with E-state index in [2.05, 4.69) is 5.32 Å². The quantitative estimate of drug-likeness (QED) is 0.358. The zero-order valence-corrected chi connectivity index (χ0v) is 16.8. The molecule has 0 radical (unpaired) electrons. The highest BCUT2D eigenvalue weighted by Crippen LogP contribution is 2.12. The van der Waals surface area contributed by atoms with Gasteiger partial charge in [-0.2, -0.15) is 8.42 Å². The number of ether oxygens (including phenoxy) is 2. The maximum absolute atomic E-state index is 12.0. The third kappa shape index (κ3) is 7.25. The molecule has 2 atom stereocenters. The van der Waals surface area contributed by atoms with Crippen LogP contribution in [0.15, 0.2) is 60.7 Å². The Hall–Kier alpha value is -2.26. The number of carbonyl (C=O) groups excluding carboxylic acids is 1. The van der Waals surface area contributed by atoms with Gasteiger partial charge in [0.15, 0.2) is 0 Å². The number of nitrogens with one attached hydrogen (secondary N) is 1. The van der Waals surface area contributed by atoms with Crippen molar-refractivity contribution in [3.05, 3.63) is 71.8 Å². The van der Waals surface area contributed by atoms with E-state index in [0.29, 0.717) is 24.1 Å². The number of hydrogen-bond donors (Lipinski definition) is 1. The van der Waals surface area contributed by atoms with Crippen LogP contribution in [0.4, 0.5) is 0 Å². The topological polar surface area (TPSA) is 90.9 Å². The molecule has 2 aromatic rings. The maximum atomic E-state index is 12.0. The molecule has 2 aromatic carbocycles. The molecule has 156 valence electrons. The number of esters is 1. The first-order valence-electron chi connectivity index (χ1n) is 9.50. The van der Waals surface area contributed by atoms with Crippen LogP contribution in [-0.2, 0) is 29.5 Å². The summed E-state index contributed by atoms with van der Waals surface area (Å²) >= 11 is 0. The van der Waals surface area contributed by atoms with E-state index in [1.807, 2.05) is 12.1 Å². The zero-order chi connectivity index (χ0) is 20.5. The normalized spacial score (nSPS) is 19.2. The average molecular weight is 419 g/mol. The Morgan fingerprint density at radius 1 is 1.00 bits per heavy atom. The number of benzene rings is 2. The smallest absolute Gasteiger partial charge is 0.338 e. The van der Waals surface area contributed by atoms with E-state index in [9.17, 15) is 13.2 Å². The Labute approximate surface area is 171 Å². The lowest BCUT2D eigenvalue weighted by Gasteiger charge is -2.12. The summed E-state index contributed by atoms with van der Waals surface area (Å²) in [7, 11) is -3.64. The summed E-state index contributed by atoms with van der Waals surface area (Å²) in [4.78, 5) is 12.0. The maximum Gasteiger partial charge on any atom is 0.338 e. The molecule has 1 heterocycles. The molecule has 0 saturated carbocycles. The predicted octanol–water partition coefficient (Wildman–Crippen LogP) is 2.14. The highest BCUT2D eigenvalue weighted by molar-refractivity contribution is 7.85. The summed E-state index contributed by atoms with van der Waals surface area (Å²) in [6.45, 7) is 1.02. The van der Waals surface area contributed by atoms with Crippen molar-refractivity contribution in [2.24, 2.45) is 0 Å². The van der Waals surface area contributed by atoms with E-state index in [-0.39, 0.29) is 43.7 Å². The molecular weight excluding hydrogens is 394 g/mol. The van der Waals surface area contributed by atoms with Gasteiger partial charge in [-0.25, -0.2) is 4.79 Å². The molecule has 0 aromatic heterocycles. The third-order valence-corrected chi connectivity index (χ3v) is 5.71. The van der Waals surface area contributed by atoms with E-state index >= 15 is 0 Å². The zero-order valence-electron chi connectivity index (χ0n) is 16.0. The monoisotopic (exact) mass is 419 g/mol. The van der Waals surface area contributed by atoms with Gasteiger partial charge in [-0.3, -0.25) is 4.18 Å². The molecule has 1 fully saturated rings. The van der Waals surface area contributed by atoms with Crippen molar-refractivity contribution in [2.75, 3.05) is 26.4 Å². The average Bonchev–Trinajstić information content (AvgIpc) is 3.18. The molecule has 1 N–H and O–H groups in total. The standard InChI is InChI=1S/C21H25NO6S/c23-21(18-9-5-2-6-10-18)27-15-19-13-20(14-22-19)26-11-12-28-29(24,25)16-17-7-3-1-4-8-17/h1-10,19-20,22H,11-16H2/t19-,20+/m0/s1. The van der Waals surface area contributed by atoms with Crippen molar-refractivity contribution >= 4 is 16.1 Å². The summed E-state index contributed by atoms with van der Waals surface area (Å²) in [6, 6.07) is 17.7. The Kier molecular flexibility index (Phi) is 7.76. The molecular formula is C21H25NO6S. The molecule has 1 aliphatic heterocycles. The van der Waals surface area contributed by atoms with Gasteiger partial charge in [0, 0.05) is 12.6 Å². The molecule has 1 aliphatic rings. The van der Waals surface area contributed by atoms with E-state index in [0.717, 1.165) is 0 Å². The second kappa shape index (κ2) is 10.5. The molecule has 7 nitrogen and oxygen atoms in total. The molecule has 1 saturated heterocycles. The third-order valence-electron chi connectivity index (χ3n) is 4.49. The van der Waals surface area contributed by atoms with Crippen LogP contribution in [0.2, 0.25) is 0 Å². The fourth-order valence-corrected chi connectivity index (χ4v) is 4.07. The summed E-state index contributed by atoms with van der Waals surface area (Å²) in [5.41, 5.74) is 1.20. The van der Waals surface area contributed by atoms with E-state index < -0.39 is 10.1 Å². The fourth-order valence-electron chi connectivity index (χ4n) is 3.07. The van der Waals surface area contributed by atoms with E-state index in [4.69, 9.17) is 13.7 Å². The largest absolute Gasteiger partial charge is 0.460 e. The van der Waals surface area contributed by atoms with Crippen molar-refractivity contribution in [1.29, 1.82) is 0 Å². The van der Waals surface area contributed by atoms with Crippen LogP contribution in [0, 0.1) is 0 Å². The van der Waals surface area contributed by atoms with Crippen LogP contribution in [0.25, 0.3) is 0 Å². The summed E-state index contributed by atoms with van der Waals surface area (Å²) in [5, 5.41) is 3.24. The molecule has 8 heteroatoms. The Morgan fingerprint density at radius 2 is 1.69 bits per heavy atom. The van der Waals surface area contributed by atoms with Gasteiger partial charge in [0.1, 0.15) is 12.4 Å². The fraction of sp³-hybridized carbons (Fsp3) is 0.381. The summed E-state index contributed by atoms with van der Waals surface area (Å²) in [6.07, 6.45) is 0.606. The Balaban J connectivity index is 1.31. The van der Waals surface area contributed by atoms with Gasteiger partial charge in [-0.1, -0.05) is 48.5 Å². The minimum absolute atomic E-state index is 0.00962. The second-order valence-corrected chi connectivity index (χ2v) is 8.45. The summed E-state index contributed by atoms with van der Waals surface area (Å²) < 4.78 is 40.0. The van der Waals surface area contributed by atoms with Crippen LogP contribution in [0.5, 0.6) is 0 Å².